The van der Waals surface area contributed by atoms with Crippen LogP contribution in [0, 0.1) is 0 Å². The van der Waals surface area contributed by atoms with Gasteiger partial charge in [0, 0.05) is 29.5 Å². The van der Waals surface area contributed by atoms with Crippen molar-refractivity contribution in [2.75, 3.05) is 5.88 Å². The summed E-state index contributed by atoms with van der Waals surface area (Å²) in [6.45, 7) is 5.15. The van der Waals surface area contributed by atoms with Gasteiger partial charge in [0.2, 0.25) is 0 Å². The van der Waals surface area contributed by atoms with Gasteiger partial charge in [-0.1, -0.05) is 0 Å². The predicted octanol–water partition coefficient (Wildman–Crippen LogP) is 2.64. The minimum absolute atomic E-state index is 0.105. The fraction of sp³-hybridized carbons (Fsp3) is 0.667. The minimum Gasteiger partial charge on any atom is -0.305 e. The van der Waals surface area contributed by atoms with Crippen molar-refractivity contribution in [3.63, 3.8) is 0 Å². The molecule has 1 aromatic heterocycles. The summed E-state index contributed by atoms with van der Waals surface area (Å²) in [5, 5.41) is 6.54. The Hall–Kier alpha value is -0.120. The van der Waals surface area contributed by atoms with E-state index in [4.69, 9.17) is 11.6 Å². The highest BCUT2D eigenvalue weighted by Crippen LogP contribution is 2.11. The van der Waals surface area contributed by atoms with Crippen LogP contribution in [0.2, 0.25) is 0 Å². The molecular formula is C9H15ClN2S. The molecule has 1 aromatic rings. The number of hydrogen-bond acceptors (Lipinski definition) is 3. The first-order valence-corrected chi connectivity index (χ1v) is 5.75. The second kappa shape index (κ2) is 4.94. The molecule has 74 valence electrons. The Kier molecular flexibility index (Phi) is 4.16. The molecule has 13 heavy (non-hydrogen) atoms. The van der Waals surface area contributed by atoms with Gasteiger partial charge in [0.05, 0.1) is 0 Å². The van der Waals surface area contributed by atoms with Gasteiger partial charge in [-0.3, -0.25) is 0 Å². The zero-order valence-corrected chi connectivity index (χ0v) is 9.58. The van der Waals surface area contributed by atoms with Crippen molar-refractivity contribution in [1.29, 1.82) is 0 Å². The van der Waals surface area contributed by atoms with E-state index >= 15 is 0 Å². The molecular weight excluding hydrogens is 204 g/mol. The zero-order valence-electron chi connectivity index (χ0n) is 8.01. The van der Waals surface area contributed by atoms with E-state index in [0.29, 0.717) is 5.88 Å². The number of alkyl halides is 1. The maximum Gasteiger partial charge on any atom is 0.106 e. The number of thiazole rings is 1. The third-order valence-corrected chi connectivity index (χ3v) is 2.89. The maximum atomic E-state index is 5.69. The van der Waals surface area contributed by atoms with Crippen LogP contribution in [0.1, 0.15) is 25.3 Å². The molecule has 0 aromatic carbocycles. The molecule has 0 amide bonds. The first-order valence-electron chi connectivity index (χ1n) is 4.33. The fourth-order valence-corrected chi connectivity index (χ4v) is 2.01. The highest BCUT2D eigenvalue weighted by atomic mass is 35.5. The Labute approximate surface area is 88.3 Å². The molecule has 0 unspecified atom stereocenters. The molecule has 0 aliphatic heterocycles. The normalized spacial score (nSPS) is 11.9. The number of nitrogens with one attached hydrogen (secondary N) is 1. The molecule has 0 aliphatic carbocycles. The minimum atomic E-state index is 0.105. The van der Waals surface area contributed by atoms with Crippen LogP contribution < -0.4 is 5.32 Å². The summed E-state index contributed by atoms with van der Waals surface area (Å²) in [7, 11) is 0. The lowest BCUT2D eigenvalue weighted by Gasteiger charge is -2.24. The molecule has 0 spiro atoms. The molecule has 0 saturated heterocycles. The number of aromatic nitrogens is 1. The maximum absolute atomic E-state index is 5.69. The van der Waals surface area contributed by atoms with Crippen molar-refractivity contribution < 1.29 is 0 Å². The summed E-state index contributed by atoms with van der Waals surface area (Å²) in [4.78, 5) is 4.20. The summed E-state index contributed by atoms with van der Waals surface area (Å²) in [5.41, 5.74) is 0.105. The first kappa shape index (κ1) is 11.0. The average Bonchev–Trinajstić information content (AvgIpc) is 2.52. The van der Waals surface area contributed by atoms with Crippen molar-refractivity contribution in [3.05, 3.63) is 16.6 Å². The van der Waals surface area contributed by atoms with Gasteiger partial charge < -0.3 is 5.32 Å². The largest absolute Gasteiger partial charge is 0.305 e. The van der Waals surface area contributed by atoms with Crippen molar-refractivity contribution in [2.45, 2.75) is 32.4 Å². The van der Waals surface area contributed by atoms with Gasteiger partial charge in [0.25, 0.3) is 0 Å². The third kappa shape index (κ3) is 4.07. The summed E-state index contributed by atoms with van der Waals surface area (Å²) >= 11 is 7.37. The van der Waals surface area contributed by atoms with Crippen molar-refractivity contribution in [1.82, 2.24) is 10.3 Å². The molecule has 0 saturated carbocycles. The van der Waals surface area contributed by atoms with E-state index in [-0.39, 0.29) is 5.54 Å². The topological polar surface area (TPSA) is 24.9 Å². The Morgan fingerprint density at radius 1 is 1.62 bits per heavy atom. The van der Waals surface area contributed by atoms with Crippen molar-refractivity contribution in [2.24, 2.45) is 0 Å². The van der Waals surface area contributed by atoms with Gasteiger partial charge in [-0.05, 0) is 20.3 Å². The van der Waals surface area contributed by atoms with E-state index in [0.717, 1.165) is 18.0 Å². The summed E-state index contributed by atoms with van der Waals surface area (Å²) in [6.07, 6.45) is 2.80. The van der Waals surface area contributed by atoms with Crippen molar-refractivity contribution in [3.8, 4) is 0 Å². The smallest absolute Gasteiger partial charge is 0.106 e. The van der Waals surface area contributed by atoms with Crippen LogP contribution in [-0.2, 0) is 6.54 Å². The zero-order chi connectivity index (χ0) is 9.73. The van der Waals surface area contributed by atoms with E-state index in [1.807, 2.05) is 11.6 Å². The Balaban J connectivity index is 2.33. The molecule has 0 atom stereocenters. The number of nitrogens with zero attached hydrogens (tertiary/aromatic N) is 1. The SMILES string of the molecule is CC(C)(CCCl)NCc1nccs1. The fourth-order valence-electron chi connectivity index (χ4n) is 0.980. The lowest BCUT2D eigenvalue weighted by Crippen LogP contribution is -2.38. The third-order valence-electron chi connectivity index (χ3n) is 1.92. The molecule has 0 radical (unpaired) electrons. The number of halogens is 1. The van der Waals surface area contributed by atoms with Crippen LogP contribution in [0.5, 0.6) is 0 Å². The monoisotopic (exact) mass is 218 g/mol. The highest BCUT2D eigenvalue weighted by Gasteiger charge is 2.15. The number of hydrogen-bond donors (Lipinski definition) is 1. The molecule has 1 N–H and O–H groups in total. The van der Waals surface area contributed by atoms with Gasteiger partial charge in [-0.15, -0.1) is 22.9 Å². The van der Waals surface area contributed by atoms with E-state index in [1.165, 1.54) is 0 Å². The lowest BCUT2D eigenvalue weighted by molar-refractivity contribution is 0.376. The highest BCUT2D eigenvalue weighted by molar-refractivity contribution is 7.09. The molecule has 2 nitrogen and oxygen atoms in total. The number of rotatable bonds is 5. The van der Waals surface area contributed by atoms with Gasteiger partial charge in [-0.25, -0.2) is 4.98 Å². The Morgan fingerprint density at radius 3 is 2.92 bits per heavy atom. The molecule has 1 heterocycles. The molecule has 1 rings (SSSR count). The van der Waals surface area contributed by atoms with Crippen LogP contribution in [0.25, 0.3) is 0 Å². The van der Waals surface area contributed by atoms with Crippen LogP contribution >= 0.6 is 22.9 Å². The Morgan fingerprint density at radius 2 is 2.38 bits per heavy atom. The summed E-state index contributed by atoms with van der Waals surface area (Å²) in [6, 6.07) is 0. The molecule has 0 bridgehead atoms. The van der Waals surface area contributed by atoms with Gasteiger partial charge in [-0.2, -0.15) is 0 Å². The van der Waals surface area contributed by atoms with Gasteiger partial charge in [0.15, 0.2) is 0 Å². The average molecular weight is 219 g/mol. The van der Waals surface area contributed by atoms with E-state index in [2.05, 4.69) is 24.1 Å². The molecule has 4 heteroatoms. The summed E-state index contributed by atoms with van der Waals surface area (Å²) in [5.74, 6) is 0.692. The van der Waals surface area contributed by atoms with E-state index in [1.54, 1.807) is 11.3 Å². The summed E-state index contributed by atoms with van der Waals surface area (Å²) < 4.78 is 0. The second-order valence-electron chi connectivity index (χ2n) is 3.60. The Bertz CT molecular complexity index is 234. The lowest BCUT2D eigenvalue weighted by atomic mass is 10.0. The van der Waals surface area contributed by atoms with Crippen LogP contribution in [0.4, 0.5) is 0 Å². The van der Waals surface area contributed by atoms with Crippen molar-refractivity contribution >= 4 is 22.9 Å². The predicted molar refractivity (Wildman–Crippen MR) is 58.4 cm³/mol. The molecule has 0 fully saturated rings. The van der Waals surface area contributed by atoms with Crippen LogP contribution in [-0.4, -0.2) is 16.4 Å². The van der Waals surface area contributed by atoms with Crippen LogP contribution in [0.15, 0.2) is 11.6 Å². The van der Waals surface area contributed by atoms with Gasteiger partial charge in [0.1, 0.15) is 5.01 Å². The van der Waals surface area contributed by atoms with E-state index in [9.17, 15) is 0 Å². The second-order valence-corrected chi connectivity index (χ2v) is 4.96. The molecule has 0 aliphatic rings. The van der Waals surface area contributed by atoms with E-state index < -0.39 is 0 Å². The van der Waals surface area contributed by atoms with Crippen LogP contribution in [0.3, 0.4) is 0 Å². The standard InChI is InChI=1S/C9H15ClN2S/c1-9(2,3-4-10)12-7-8-11-5-6-13-8/h5-6,12H,3-4,7H2,1-2H3. The first-order chi connectivity index (χ1) is 6.14. The quantitative estimate of drug-likeness (QED) is 0.769. The van der Waals surface area contributed by atoms with Gasteiger partial charge >= 0.3 is 0 Å².